The molecular formula is C25H37ClN2S. The predicted octanol–water partition coefficient (Wildman–Crippen LogP) is 5.62. The summed E-state index contributed by atoms with van der Waals surface area (Å²) in [5.41, 5.74) is 8.31. The molecule has 2 aliphatic carbocycles. The van der Waals surface area contributed by atoms with Crippen molar-refractivity contribution in [3.8, 4) is 0 Å². The third-order valence-electron chi connectivity index (χ3n) is 8.32. The molecule has 2 bridgehead atoms. The molecule has 1 saturated heterocycles. The van der Waals surface area contributed by atoms with Crippen LogP contribution in [0.4, 0.5) is 0 Å². The van der Waals surface area contributed by atoms with E-state index < -0.39 is 0 Å². The van der Waals surface area contributed by atoms with Gasteiger partial charge in [-0.25, -0.2) is 0 Å². The molecular weight excluding hydrogens is 396 g/mol. The Morgan fingerprint density at radius 2 is 1.93 bits per heavy atom. The molecule has 2 nitrogen and oxygen atoms in total. The van der Waals surface area contributed by atoms with Crippen molar-refractivity contribution in [3.63, 3.8) is 0 Å². The summed E-state index contributed by atoms with van der Waals surface area (Å²) in [6.07, 6.45) is 5.98. The maximum Gasteiger partial charge on any atom is 0.0816 e. The normalized spacial score (nSPS) is 39.2. The van der Waals surface area contributed by atoms with Crippen LogP contribution >= 0.6 is 23.8 Å². The van der Waals surface area contributed by atoms with Gasteiger partial charge in [-0.1, -0.05) is 63.3 Å². The summed E-state index contributed by atoms with van der Waals surface area (Å²) in [5.74, 6) is 3.11. The topological polar surface area (TPSA) is 29.3 Å². The molecule has 0 radical (unpaired) electrons. The van der Waals surface area contributed by atoms with Gasteiger partial charge in [0.25, 0.3) is 0 Å². The van der Waals surface area contributed by atoms with E-state index in [0.717, 1.165) is 25.4 Å². The quantitative estimate of drug-likeness (QED) is 0.496. The molecule has 1 aromatic carbocycles. The van der Waals surface area contributed by atoms with Gasteiger partial charge in [0.1, 0.15) is 0 Å². The molecule has 3 aliphatic rings. The number of nitrogens with two attached hydrogens (primary N) is 1. The Morgan fingerprint density at radius 1 is 1.21 bits per heavy atom. The number of thiocarbonyl (C=S) groups is 1. The highest BCUT2D eigenvalue weighted by Gasteiger charge is 2.52. The number of piperidine rings is 1. The van der Waals surface area contributed by atoms with E-state index in [2.05, 4.69) is 56.0 Å². The zero-order valence-electron chi connectivity index (χ0n) is 18.2. The molecule has 2 saturated carbocycles. The van der Waals surface area contributed by atoms with Crippen LogP contribution in [0.25, 0.3) is 0 Å². The lowest BCUT2D eigenvalue weighted by Gasteiger charge is -2.56. The van der Waals surface area contributed by atoms with E-state index in [1.54, 1.807) is 0 Å². The van der Waals surface area contributed by atoms with Gasteiger partial charge in [-0.05, 0) is 66.3 Å². The highest BCUT2D eigenvalue weighted by atomic mass is 35.5. The van der Waals surface area contributed by atoms with Gasteiger partial charge in [0.2, 0.25) is 0 Å². The number of alkyl halides is 1. The van der Waals surface area contributed by atoms with Crippen LogP contribution in [0.3, 0.4) is 0 Å². The number of benzene rings is 1. The van der Waals surface area contributed by atoms with Gasteiger partial charge in [-0.15, -0.1) is 11.6 Å². The molecule has 1 heterocycles. The zero-order chi connectivity index (χ0) is 20.8. The molecule has 29 heavy (non-hydrogen) atoms. The van der Waals surface area contributed by atoms with Gasteiger partial charge in [0, 0.05) is 30.9 Å². The number of hydrogen-bond acceptors (Lipinski definition) is 2. The van der Waals surface area contributed by atoms with Crippen LogP contribution in [0.1, 0.15) is 58.4 Å². The number of halogens is 1. The Morgan fingerprint density at radius 3 is 2.59 bits per heavy atom. The predicted molar refractivity (Wildman–Crippen MR) is 127 cm³/mol. The highest BCUT2D eigenvalue weighted by Crippen LogP contribution is 2.57. The average molecular weight is 433 g/mol. The highest BCUT2D eigenvalue weighted by molar-refractivity contribution is 7.80. The van der Waals surface area contributed by atoms with E-state index in [0.29, 0.717) is 23.7 Å². The molecule has 1 aromatic rings. The van der Waals surface area contributed by atoms with E-state index in [4.69, 9.17) is 29.6 Å². The first-order valence-corrected chi connectivity index (χ1v) is 12.4. The van der Waals surface area contributed by atoms with E-state index >= 15 is 0 Å². The molecule has 0 spiro atoms. The second-order valence-corrected chi connectivity index (χ2v) is 11.6. The first-order chi connectivity index (χ1) is 13.8. The lowest BCUT2D eigenvalue weighted by Crippen LogP contribution is -2.57. The third-order valence-corrected chi connectivity index (χ3v) is 9.28. The largest absolute Gasteiger partial charge is 0.365 e. The minimum absolute atomic E-state index is 0.124. The van der Waals surface area contributed by atoms with Crippen LogP contribution in [0.2, 0.25) is 0 Å². The number of fused-ring (bicyclic) bond motifs is 2. The Hall–Kier alpha value is -0.640. The SMILES string of the molecule is CC1CC2(c3ccccc3)CC(CCl)CC(C2)C1C(=S)N1CC[C@H](N)C(C)(C)C1. The Kier molecular flexibility index (Phi) is 6.05. The average Bonchev–Trinajstić information content (AvgIpc) is 2.70. The van der Waals surface area contributed by atoms with E-state index in [-0.39, 0.29) is 16.9 Å². The van der Waals surface area contributed by atoms with E-state index in [9.17, 15) is 0 Å². The first kappa shape index (κ1) is 21.6. The molecule has 0 amide bonds. The molecule has 5 unspecified atom stereocenters. The Bertz CT molecular complexity index is 732. The van der Waals surface area contributed by atoms with E-state index in [1.165, 1.54) is 36.2 Å². The van der Waals surface area contributed by atoms with Crippen LogP contribution in [0.5, 0.6) is 0 Å². The van der Waals surface area contributed by atoms with Crippen LogP contribution in [-0.2, 0) is 5.41 Å². The summed E-state index contributed by atoms with van der Waals surface area (Å²) in [7, 11) is 0. The van der Waals surface area contributed by atoms with Crippen molar-refractivity contribution in [2.24, 2.45) is 34.8 Å². The van der Waals surface area contributed by atoms with Gasteiger partial charge < -0.3 is 10.6 Å². The molecule has 6 atom stereocenters. The maximum atomic E-state index is 6.45. The lowest BCUT2D eigenvalue weighted by atomic mass is 9.51. The number of rotatable bonds is 3. The molecule has 1 aliphatic heterocycles. The van der Waals surface area contributed by atoms with Crippen LogP contribution < -0.4 is 5.73 Å². The summed E-state index contributed by atoms with van der Waals surface area (Å²) in [6.45, 7) is 9.04. The minimum Gasteiger partial charge on any atom is -0.365 e. The lowest BCUT2D eigenvalue weighted by molar-refractivity contribution is 0.0439. The standard InChI is InChI=1S/C25H37ClN2S/c1-17-12-25(20-7-5-4-6-8-20)13-18(15-26)11-19(14-25)22(17)23(29)28-10-9-21(27)24(2,3)16-28/h4-8,17-19,21-22H,9-16,27H2,1-3H3/t17?,18?,19?,21-,22?,25?/m0/s1. The van der Waals surface area contributed by atoms with Gasteiger partial charge >= 0.3 is 0 Å². The second kappa shape index (κ2) is 8.13. The number of nitrogens with zero attached hydrogens (tertiary/aromatic N) is 1. The fraction of sp³-hybridized carbons (Fsp3) is 0.720. The summed E-state index contributed by atoms with van der Waals surface area (Å²) in [6, 6.07) is 11.5. The fourth-order valence-electron chi connectivity index (χ4n) is 6.86. The number of hydrogen-bond donors (Lipinski definition) is 1. The van der Waals surface area contributed by atoms with Crippen molar-refractivity contribution in [1.82, 2.24) is 4.90 Å². The fourth-order valence-corrected chi connectivity index (χ4v) is 7.68. The molecule has 4 rings (SSSR count). The van der Waals surface area contributed by atoms with Crippen molar-refractivity contribution in [2.45, 2.75) is 64.3 Å². The second-order valence-electron chi connectivity index (χ2n) is 10.9. The molecule has 2 N–H and O–H groups in total. The third kappa shape index (κ3) is 4.00. The first-order valence-electron chi connectivity index (χ1n) is 11.4. The molecule has 0 aromatic heterocycles. The van der Waals surface area contributed by atoms with Gasteiger partial charge in [0.15, 0.2) is 0 Å². The summed E-state index contributed by atoms with van der Waals surface area (Å²) in [5, 5.41) is 0. The van der Waals surface area contributed by atoms with Crippen LogP contribution in [-0.4, -0.2) is 34.9 Å². The monoisotopic (exact) mass is 432 g/mol. The van der Waals surface area contributed by atoms with Crippen molar-refractivity contribution in [2.75, 3.05) is 19.0 Å². The van der Waals surface area contributed by atoms with Crippen molar-refractivity contribution in [1.29, 1.82) is 0 Å². The van der Waals surface area contributed by atoms with Gasteiger partial charge in [-0.3, -0.25) is 0 Å². The van der Waals surface area contributed by atoms with Gasteiger partial charge in [-0.2, -0.15) is 0 Å². The summed E-state index contributed by atoms with van der Waals surface area (Å²) < 4.78 is 0. The van der Waals surface area contributed by atoms with Crippen LogP contribution in [0, 0.1) is 29.1 Å². The smallest absolute Gasteiger partial charge is 0.0816 e. The maximum absolute atomic E-state index is 6.45. The summed E-state index contributed by atoms with van der Waals surface area (Å²) in [4.78, 5) is 3.71. The molecule has 160 valence electrons. The Labute approximate surface area is 187 Å². The van der Waals surface area contributed by atoms with Crippen LogP contribution in [0.15, 0.2) is 30.3 Å². The van der Waals surface area contributed by atoms with Crippen molar-refractivity contribution < 1.29 is 0 Å². The zero-order valence-corrected chi connectivity index (χ0v) is 19.8. The van der Waals surface area contributed by atoms with E-state index in [1.807, 2.05) is 0 Å². The molecule has 4 heteroatoms. The van der Waals surface area contributed by atoms with Crippen molar-refractivity contribution >= 4 is 28.8 Å². The van der Waals surface area contributed by atoms with Crippen molar-refractivity contribution in [3.05, 3.63) is 35.9 Å². The Balaban J connectivity index is 1.60. The number of likely N-dealkylation sites (tertiary alicyclic amines) is 1. The summed E-state index contributed by atoms with van der Waals surface area (Å²) >= 11 is 12.6. The van der Waals surface area contributed by atoms with Gasteiger partial charge in [0.05, 0.1) is 4.99 Å². The molecule has 3 fully saturated rings. The minimum atomic E-state index is 0.124.